The van der Waals surface area contributed by atoms with Gasteiger partial charge in [0.2, 0.25) is 0 Å². The van der Waals surface area contributed by atoms with Gasteiger partial charge in [-0.1, -0.05) is 32.9 Å². The number of rotatable bonds is 3. The molecule has 2 saturated carbocycles. The minimum atomic E-state index is -1.10. The second-order valence-electron chi connectivity index (χ2n) is 7.36. The molecule has 4 nitrogen and oxygen atoms in total. The van der Waals surface area contributed by atoms with Gasteiger partial charge in [-0.3, -0.25) is 0 Å². The van der Waals surface area contributed by atoms with Crippen molar-refractivity contribution in [3.63, 3.8) is 0 Å². The van der Waals surface area contributed by atoms with Crippen molar-refractivity contribution < 1.29 is 19.4 Å². The third-order valence-electron chi connectivity index (χ3n) is 6.34. The Kier molecular flexibility index (Phi) is 3.31. The number of fused-ring (bicyclic) bond motifs is 2. The topological polar surface area (TPSA) is 63.6 Å². The van der Waals surface area contributed by atoms with Crippen molar-refractivity contribution in [1.82, 2.24) is 0 Å². The molecule has 1 aromatic carbocycles. The van der Waals surface area contributed by atoms with Gasteiger partial charge in [-0.15, -0.1) is 0 Å². The van der Waals surface area contributed by atoms with Gasteiger partial charge in [-0.05, 0) is 42.7 Å². The fraction of sp³-hybridized carbons (Fsp3) is 0.556. The Labute approximate surface area is 130 Å². The minimum Gasteiger partial charge on any atom is -0.478 e. The number of ether oxygens (including phenoxy) is 1. The average Bonchev–Trinajstić information content (AvgIpc) is 2.80. The first-order chi connectivity index (χ1) is 10.3. The molecular weight excluding hydrogens is 280 g/mol. The van der Waals surface area contributed by atoms with Gasteiger partial charge < -0.3 is 9.84 Å². The van der Waals surface area contributed by atoms with Crippen molar-refractivity contribution in [2.45, 2.75) is 46.1 Å². The lowest BCUT2D eigenvalue weighted by Gasteiger charge is -2.38. The minimum absolute atomic E-state index is 0.0000645. The number of benzene rings is 1. The summed E-state index contributed by atoms with van der Waals surface area (Å²) in [5.74, 6) is -1.05. The van der Waals surface area contributed by atoms with Crippen LogP contribution < -0.4 is 0 Å². The first-order valence-corrected chi connectivity index (χ1v) is 7.80. The van der Waals surface area contributed by atoms with Gasteiger partial charge in [-0.25, -0.2) is 9.59 Å². The van der Waals surface area contributed by atoms with E-state index in [1.165, 1.54) is 18.6 Å². The van der Waals surface area contributed by atoms with Crippen molar-refractivity contribution >= 4 is 11.9 Å². The average molecular weight is 302 g/mol. The molecule has 0 aromatic heterocycles. The van der Waals surface area contributed by atoms with Gasteiger partial charge in [0, 0.05) is 5.41 Å². The molecule has 2 bridgehead atoms. The Morgan fingerprint density at radius 2 is 1.82 bits per heavy atom. The van der Waals surface area contributed by atoms with E-state index >= 15 is 0 Å². The van der Waals surface area contributed by atoms with Crippen LogP contribution >= 0.6 is 0 Å². The van der Waals surface area contributed by atoms with Crippen LogP contribution in [0, 0.1) is 16.7 Å². The quantitative estimate of drug-likeness (QED) is 0.864. The number of carbonyl (C=O) groups is 2. The Balaban J connectivity index is 1.84. The SMILES string of the molecule is CC1(C)[C@@H]2CC[C@]1(C)[C@@H](OC(=O)c1ccccc1C(=O)O)C2. The highest BCUT2D eigenvalue weighted by Gasteiger charge is 2.62. The van der Waals surface area contributed by atoms with Crippen molar-refractivity contribution in [2.75, 3.05) is 0 Å². The number of carboxylic acid groups (broad SMARTS) is 1. The van der Waals surface area contributed by atoms with Gasteiger partial charge in [-0.2, -0.15) is 0 Å². The molecule has 2 fully saturated rings. The Bertz CT molecular complexity index is 634. The number of aromatic carboxylic acids is 1. The lowest BCUT2D eigenvalue weighted by Crippen LogP contribution is -2.38. The molecule has 1 N–H and O–H groups in total. The molecule has 118 valence electrons. The van der Waals surface area contributed by atoms with Gasteiger partial charge in [0.25, 0.3) is 0 Å². The lowest BCUT2D eigenvalue weighted by atomic mass is 9.70. The summed E-state index contributed by atoms with van der Waals surface area (Å²) < 4.78 is 5.76. The van der Waals surface area contributed by atoms with E-state index in [9.17, 15) is 14.7 Å². The molecule has 0 radical (unpaired) electrons. The predicted octanol–water partition coefficient (Wildman–Crippen LogP) is 3.76. The molecule has 22 heavy (non-hydrogen) atoms. The second kappa shape index (κ2) is 4.83. The molecule has 0 saturated heterocycles. The highest BCUT2D eigenvalue weighted by Crippen LogP contribution is 2.66. The number of esters is 1. The van der Waals surface area contributed by atoms with Gasteiger partial charge >= 0.3 is 11.9 Å². The van der Waals surface area contributed by atoms with Crippen LogP contribution in [-0.2, 0) is 4.74 Å². The highest BCUT2D eigenvalue weighted by atomic mass is 16.5. The van der Waals surface area contributed by atoms with Crippen LogP contribution in [0.2, 0.25) is 0 Å². The Morgan fingerprint density at radius 3 is 2.32 bits per heavy atom. The highest BCUT2D eigenvalue weighted by molar-refractivity contribution is 6.02. The predicted molar refractivity (Wildman–Crippen MR) is 81.8 cm³/mol. The van der Waals surface area contributed by atoms with Crippen molar-refractivity contribution in [1.29, 1.82) is 0 Å². The van der Waals surface area contributed by atoms with Crippen molar-refractivity contribution in [3.8, 4) is 0 Å². The van der Waals surface area contributed by atoms with Gasteiger partial charge in [0.15, 0.2) is 0 Å². The first kappa shape index (κ1) is 15.1. The molecule has 0 spiro atoms. The van der Waals surface area contributed by atoms with Crippen LogP contribution in [0.5, 0.6) is 0 Å². The normalized spacial score (nSPS) is 32.0. The molecule has 3 atom stereocenters. The molecule has 2 aliphatic rings. The summed E-state index contributed by atoms with van der Waals surface area (Å²) in [4.78, 5) is 23.7. The van der Waals surface area contributed by atoms with E-state index in [1.54, 1.807) is 12.1 Å². The van der Waals surface area contributed by atoms with E-state index in [0.717, 1.165) is 12.8 Å². The zero-order chi connectivity index (χ0) is 16.1. The maximum absolute atomic E-state index is 12.5. The molecule has 4 heteroatoms. The van der Waals surface area contributed by atoms with Crippen LogP contribution in [0.25, 0.3) is 0 Å². The van der Waals surface area contributed by atoms with Gasteiger partial charge in [0.1, 0.15) is 6.10 Å². The number of carbonyl (C=O) groups excluding carboxylic acids is 1. The number of hydrogen-bond acceptors (Lipinski definition) is 3. The summed E-state index contributed by atoms with van der Waals surface area (Å²) in [5.41, 5.74) is 0.273. The van der Waals surface area contributed by atoms with Crippen LogP contribution in [0.1, 0.15) is 60.7 Å². The maximum Gasteiger partial charge on any atom is 0.339 e. The van der Waals surface area contributed by atoms with E-state index in [-0.39, 0.29) is 28.1 Å². The zero-order valence-electron chi connectivity index (χ0n) is 13.3. The summed E-state index contributed by atoms with van der Waals surface area (Å²) in [6.45, 7) is 6.70. The number of hydrogen-bond donors (Lipinski definition) is 1. The van der Waals surface area contributed by atoms with E-state index < -0.39 is 11.9 Å². The largest absolute Gasteiger partial charge is 0.478 e. The van der Waals surface area contributed by atoms with Crippen LogP contribution in [0.3, 0.4) is 0 Å². The molecule has 0 amide bonds. The fourth-order valence-electron chi connectivity index (χ4n) is 4.35. The molecule has 3 rings (SSSR count). The summed E-state index contributed by atoms with van der Waals surface area (Å²) in [6, 6.07) is 6.23. The first-order valence-electron chi connectivity index (χ1n) is 7.80. The van der Waals surface area contributed by atoms with E-state index in [4.69, 9.17) is 4.74 Å². The molecular formula is C18H22O4. The summed E-state index contributed by atoms with van der Waals surface area (Å²) >= 11 is 0. The lowest BCUT2D eigenvalue weighted by molar-refractivity contribution is -0.0244. The standard InChI is InChI=1S/C18H22O4/c1-17(2)11-8-9-18(17,3)14(10-11)22-16(21)13-7-5-4-6-12(13)15(19)20/h4-7,11,14H,8-10H2,1-3H3,(H,19,20)/t11-,14+,18-/m1/s1. The third-order valence-corrected chi connectivity index (χ3v) is 6.34. The fourth-order valence-corrected chi connectivity index (χ4v) is 4.35. The smallest absolute Gasteiger partial charge is 0.339 e. The monoisotopic (exact) mass is 302 g/mol. The second-order valence-corrected chi connectivity index (χ2v) is 7.36. The molecule has 0 heterocycles. The van der Waals surface area contributed by atoms with E-state index in [1.807, 2.05) is 0 Å². The van der Waals surface area contributed by atoms with E-state index in [2.05, 4.69) is 20.8 Å². The molecule has 0 unspecified atom stereocenters. The van der Waals surface area contributed by atoms with Crippen LogP contribution in [0.15, 0.2) is 24.3 Å². The van der Waals surface area contributed by atoms with Crippen molar-refractivity contribution in [3.05, 3.63) is 35.4 Å². The molecule has 2 aliphatic carbocycles. The molecule has 0 aliphatic heterocycles. The third kappa shape index (κ3) is 1.97. The van der Waals surface area contributed by atoms with Gasteiger partial charge in [0.05, 0.1) is 11.1 Å². The van der Waals surface area contributed by atoms with Crippen LogP contribution in [-0.4, -0.2) is 23.1 Å². The number of carboxylic acids is 1. The van der Waals surface area contributed by atoms with E-state index in [0.29, 0.717) is 5.92 Å². The van der Waals surface area contributed by atoms with Crippen LogP contribution in [0.4, 0.5) is 0 Å². The maximum atomic E-state index is 12.5. The summed E-state index contributed by atoms with van der Waals surface area (Å²) in [6.07, 6.45) is 2.99. The summed E-state index contributed by atoms with van der Waals surface area (Å²) in [5, 5.41) is 9.21. The Morgan fingerprint density at radius 1 is 1.18 bits per heavy atom. The van der Waals surface area contributed by atoms with Crippen molar-refractivity contribution in [2.24, 2.45) is 16.7 Å². The molecule has 1 aromatic rings. The summed E-state index contributed by atoms with van der Waals surface area (Å²) in [7, 11) is 0. The zero-order valence-corrected chi connectivity index (χ0v) is 13.3. The Hall–Kier alpha value is -1.84.